The number of aryl methyl sites for hydroxylation is 1. The van der Waals surface area contributed by atoms with Crippen LogP contribution in [0, 0.1) is 0 Å². The third-order valence-corrected chi connectivity index (χ3v) is 5.16. The molecule has 0 radical (unpaired) electrons. The molecule has 6 nitrogen and oxygen atoms in total. The van der Waals surface area contributed by atoms with Gasteiger partial charge in [0, 0.05) is 31.0 Å². The van der Waals surface area contributed by atoms with Crippen LogP contribution in [0.5, 0.6) is 5.75 Å². The number of carbonyl (C=O) groups excluding carboxylic acids is 1. The van der Waals surface area contributed by atoms with E-state index in [1.165, 1.54) is 5.56 Å². The van der Waals surface area contributed by atoms with E-state index in [-0.39, 0.29) is 11.8 Å². The van der Waals surface area contributed by atoms with Gasteiger partial charge in [-0.15, -0.1) is 0 Å². The molecule has 0 spiro atoms. The number of nitrogens with zero attached hydrogens (tertiary/aromatic N) is 3. The molecule has 1 aliphatic rings. The van der Waals surface area contributed by atoms with Crippen LogP contribution in [-0.2, 0) is 17.8 Å². The predicted molar refractivity (Wildman–Crippen MR) is 105 cm³/mol. The van der Waals surface area contributed by atoms with E-state index in [2.05, 4.69) is 41.3 Å². The highest BCUT2D eigenvalue weighted by Crippen LogP contribution is 2.29. The number of hydrogen-bond acceptors (Lipinski definition) is 5. The molecule has 2 aromatic carbocycles. The van der Waals surface area contributed by atoms with E-state index in [0.717, 1.165) is 23.3 Å². The van der Waals surface area contributed by atoms with Gasteiger partial charge in [0.2, 0.25) is 5.91 Å². The molecule has 0 saturated carbocycles. The van der Waals surface area contributed by atoms with Crippen molar-refractivity contribution in [2.45, 2.75) is 32.2 Å². The number of benzene rings is 2. The highest BCUT2D eigenvalue weighted by molar-refractivity contribution is 5.79. The van der Waals surface area contributed by atoms with Crippen molar-refractivity contribution in [1.82, 2.24) is 15.0 Å². The highest BCUT2D eigenvalue weighted by atomic mass is 16.5. The van der Waals surface area contributed by atoms with Crippen molar-refractivity contribution in [3.05, 3.63) is 65.5 Å². The second-order valence-electron chi connectivity index (χ2n) is 7.03. The Bertz CT molecular complexity index is 948. The average molecular weight is 377 g/mol. The van der Waals surface area contributed by atoms with Crippen LogP contribution in [0.25, 0.3) is 11.5 Å². The fraction of sp³-hybridized carbons (Fsp3) is 0.318. The fourth-order valence-electron chi connectivity index (χ4n) is 3.45. The molecule has 1 aromatic heterocycles. The Morgan fingerprint density at radius 2 is 1.82 bits per heavy atom. The summed E-state index contributed by atoms with van der Waals surface area (Å²) in [7, 11) is 1.63. The molecule has 2 heterocycles. The summed E-state index contributed by atoms with van der Waals surface area (Å²) in [6.45, 7) is 3.35. The van der Waals surface area contributed by atoms with Crippen molar-refractivity contribution in [2.75, 3.05) is 13.7 Å². The van der Waals surface area contributed by atoms with Crippen LogP contribution in [0.4, 0.5) is 0 Å². The Kier molecular flexibility index (Phi) is 5.10. The molecule has 0 aliphatic carbocycles. The Hall–Kier alpha value is -3.15. The number of rotatable bonds is 6. The van der Waals surface area contributed by atoms with Crippen LogP contribution >= 0.6 is 0 Å². The van der Waals surface area contributed by atoms with Crippen LogP contribution in [0.1, 0.15) is 36.2 Å². The molecule has 144 valence electrons. The van der Waals surface area contributed by atoms with Crippen LogP contribution in [0.15, 0.2) is 53.1 Å². The highest BCUT2D eigenvalue weighted by Gasteiger charge is 2.33. The second kappa shape index (κ2) is 7.84. The molecule has 1 aliphatic heterocycles. The van der Waals surface area contributed by atoms with E-state index in [0.29, 0.717) is 31.2 Å². The van der Waals surface area contributed by atoms with Crippen molar-refractivity contribution < 1.29 is 14.1 Å². The maximum absolute atomic E-state index is 12.5. The Morgan fingerprint density at radius 3 is 2.50 bits per heavy atom. The van der Waals surface area contributed by atoms with Gasteiger partial charge in [-0.1, -0.05) is 36.3 Å². The SMILES string of the molecule is CCc1ccc(CN2CC(c3noc(-c4ccc(OC)cc4)n3)CC2=O)cc1. The maximum Gasteiger partial charge on any atom is 0.257 e. The summed E-state index contributed by atoms with van der Waals surface area (Å²) in [4.78, 5) is 18.8. The van der Waals surface area contributed by atoms with Gasteiger partial charge < -0.3 is 14.2 Å². The summed E-state index contributed by atoms with van der Waals surface area (Å²) in [6, 6.07) is 15.9. The first-order valence-corrected chi connectivity index (χ1v) is 9.50. The zero-order chi connectivity index (χ0) is 19.5. The van der Waals surface area contributed by atoms with Crippen LogP contribution in [-0.4, -0.2) is 34.6 Å². The van der Waals surface area contributed by atoms with E-state index in [1.54, 1.807) is 7.11 Å². The molecule has 4 rings (SSSR count). The molecule has 0 N–H and O–H groups in total. The average Bonchev–Trinajstić information content (AvgIpc) is 3.36. The zero-order valence-electron chi connectivity index (χ0n) is 16.1. The third kappa shape index (κ3) is 3.76. The lowest BCUT2D eigenvalue weighted by atomic mass is 10.1. The number of ether oxygens (including phenoxy) is 1. The van der Waals surface area contributed by atoms with Gasteiger partial charge in [0.05, 0.1) is 7.11 Å². The molecular weight excluding hydrogens is 354 g/mol. The number of amides is 1. The van der Waals surface area contributed by atoms with Gasteiger partial charge in [0.1, 0.15) is 5.75 Å². The van der Waals surface area contributed by atoms with E-state index in [4.69, 9.17) is 9.26 Å². The molecule has 1 atom stereocenters. The number of likely N-dealkylation sites (tertiary alicyclic amines) is 1. The van der Waals surface area contributed by atoms with E-state index >= 15 is 0 Å². The molecule has 1 amide bonds. The van der Waals surface area contributed by atoms with E-state index in [9.17, 15) is 4.79 Å². The predicted octanol–water partition coefficient (Wildman–Crippen LogP) is 3.82. The summed E-state index contributed by atoms with van der Waals surface area (Å²) in [5.41, 5.74) is 3.27. The Labute approximate surface area is 164 Å². The molecule has 0 bridgehead atoms. The standard InChI is InChI=1S/C22H23N3O3/c1-3-15-4-6-16(7-5-15)13-25-14-18(12-20(25)26)21-23-22(28-24-21)17-8-10-19(27-2)11-9-17/h4-11,18H,3,12-14H2,1-2H3. The normalized spacial score (nSPS) is 16.6. The van der Waals surface area contributed by atoms with Crippen molar-refractivity contribution in [3.8, 4) is 17.2 Å². The number of hydrogen-bond donors (Lipinski definition) is 0. The fourth-order valence-corrected chi connectivity index (χ4v) is 3.45. The lowest BCUT2D eigenvalue weighted by molar-refractivity contribution is -0.128. The first kappa shape index (κ1) is 18.2. The minimum Gasteiger partial charge on any atom is -0.497 e. The van der Waals surface area contributed by atoms with Crippen molar-refractivity contribution in [3.63, 3.8) is 0 Å². The van der Waals surface area contributed by atoms with Crippen molar-refractivity contribution in [1.29, 1.82) is 0 Å². The molecular formula is C22H23N3O3. The summed E-state index contributed by atoms with van der Waals surface area (Å²) in [5.74, 6) is 1.90. The van der Waals surface area contributed by atoms with E-state index in [1.807, 2.05) is 29.2 Å². The summed E-state index contributed by atoms with van der Waals surface area (Å²) < 4.78 is 10.6. The quantitative estimate of drug-likeness (QED) is 0.653. The lowest BCUT2D eigenvalue weighted by Gasteiger charge is -2.16. The summed E-state index contributed by atoms with van der Waals surface area (Å²) >= 11 is 0. The summed E-state index contributed by atoms with van der Waals surface area (Å²) in [5, 5.41) is 4.12. The van der Waals surface area contributed by atoms with Crippen LogP contribution < -0.4 is 4.74 Å². The largest absolute Gasteiger partial charge is 0.497 e. The first-order chi connectivity index (χ1) is 13.7. The topological polar surface area (TPSA) is 68.5 Å². The monoisotopic (exact) mass is 377 g/mol. The van der Waals surface area contributed by atoms with Gasteiger partial charge in [-0.25, -0.2) is 0 Å². The van der Waals surface area contributed by atoms with Crippen molar-refractivity contribution >= 4 is 5.91 Å². The molecule has 6 heteroatoms. The number of methoxy groups -OCH3 is 1. The summed E-state index contributed by atoms with van der Waals surface area (Å²) in [6.07, 6.45) is 1.42. The van der Waals surface area contributed by atoms with Gasteiger partial charge in [-0.2, -0.15) is 4.98 Å². The number of carbonyl (C=O) groups is 1. The Balaban J connectivity index is 1.44. The van der Waals surface area contributed by atoms with Crippen LogP contribution in [0.2, 0.25) is 0 Å². The number of aromatic nitrogens is 2. The molecule has 1 fully saturated rings. The molecule has 3 aromatic rings. The van der Waals surface area contributed by atoms with Crippen molar-refractivity contribution in [2.24, 2.45) is 0 Å². The first-order valence-electron chi connectivity index (χ1n) is 9.50. The van der Waals surface area contributed by atoms with Crippen LogP contribution in [0.3, 0.4) is 0 Å². The maximum atomic E-state index is 12.5. The van der Waals surface area contributed by atoms with Gasteiger partial charge in [0.15, 0.2) is 5.82 Å². The lowest BCUT2D eigenvalue weighted by Crippen LogP contribution is -2.24. The van der Waals surface area contributed by atoms with Gasteiger partial charge >= 0.3 is 0 Å². The van der Waals surface area contributed by atoms with Gasteiger partial charge in [-0.05, 0) is 41.8 Å². The minimum absolute atomic E-state index is 0.0434. The van der Waals surface area contributed by atoms with Gasteiger partial charge in [-0.3, -0.25) is 4.79 Å². The third-order valence-electron chi connectivity index (χ3n) is 5.16. The molecule has 1 unspecified atom stereocenters. The molecule has 28 heavy (non-hydrogen) atoms. The second-order valence-corrected chi connectivity index (χ2v) is 7.03. The smallest absolute Gasteiger partial charge is 0.257 e. The zero-order valence-corrected chi connectivity index (χ0v) is 16.1. The Morgan fingerprint density at radius 1 is 1.11 bits per heavy atom. The van der Waals surface area contributed by atoms with Gasteiger partial charge in [0.25, 0.3) is 5.89 Å². The molecule has 1 saturated heterocycles. The van der Waals surface area contributed by atoms with E-state index < -0.39 is 0 Å². The minimum atomic E-state index is -0.0434.